The van der Waals surface area contributed by atoms with Gasteiger partial charge < -0.3 is 5.32 Å². The maximum absolute atomic E-state index is 13.2. The fourth-order valence-corrected chi connectivity index (χ4v) is 3.06. The monoisotopic (exact) mass is 388 g/mol. The topological polar surface area (TPSA) is 76.9 Å². The fourth-order valence-electron chi connectivity index (χ4n) is 3.06. The zero-order valence-corrected chi connectivity index (χ0v) is 15.4. The van der Waals surface area contributed by atoms with Crippen molar-refractivity contribution in [3.63, 3.8) is 0 Å². The number of amides is 1. The minimum atomic E-state index is -0.487. The first-order valence-electron chi connectivity index (χ1n) is 9.03. The highest BCUT2D eigenvalue weighted by Crippen LogP contribution is 2.13. The van der Waals surface area contributed by atoms with Crippen LogP contribution in [0.15, 0.2) is 77.9 Å². The molecule has 4 aromatic rings. The largest absolute Gasteiger partial charge is 0.346 e. The van der Waals surface area contributed by atoms with E-state index in [4.69, 9.17) is 0 Å². The third kappa shape index (κ3) is 4.03. The number of aromatic nitrogens is 3. The summed E-state index contributed by atoms with van der Waals surface area (Å²) in [5.74, 6) is -0.842. The summed E-state index contributed by atoms with van der Waals surface area (Å²) in [5, 5.41) is 3.40. The first kappa shape index (κ1) is 18.5. The van der Waals surface area contributed by atoms with Gasteiger partial charge in [-0.05, 0) is 48.0 Å². The second-order valence-electron chi connectivity index (χ2n) is 6.50. The van der Waals surface area contributed by atoms with Crippen molar-refractivity contribution in [1.29, 1.82) is 0 Å². The number of fused-ring (bicyclic) bond motifs is 1. The lowest BCUT2D eigenvalue weighted by atomic mass is 10.1. The summed E-state index contributed by atoms with van der Waals surface area (Å²) >= 11 is 0. The summed E-state index contributed by atoms with van der Waals surface area (Å²) in [5.41, 5.74) is 1.44. The Hall–Kier alpha value is -3.87. The Morgan fingerprint density at radius 3 is 2.55 bits per heavy atom. The third-order valence-corrected chi connectivity index (χ3v) is 4.50. The molecule has 3 aromatic heterocycles. The quantitative estimate of drug-likeness (QED) is 0.570. The van der Waals surface area contributed by atoms with E-state index in [0.29, 0.717) is 16.7 Å². The average Bonchev–Trinajstić information content (AvgIpc) is 2.76. The van der Waals surface area contributed by atoms with Crippen molar-refractivity contribution in [2.24, 2.45) is 0 Å². The van der Waals surface area contributed by atoms with Gasteiger partial charge in [-0.1, -0.05) is 18.2 Å². The normalized spacial score (nSPS) is 10.8. The van der Waals surface area contributed by atoms with Crippen LogP contribution in [-0.2, 0) is 13.1 Å². The van der Waals surface area contributed by atoms with E-state index in [9.17, 15) is 14.0 Å². The van der Waals surface area contributed by atoms with Crippen LogP contribution in [0.5, 0.6) is 0 Å². The van der Waals surface area contributed by atoms with E-state index >= 15 is 0 Å². The molecule has 4 rings (SSSR count). The molecule has 0 saturated heterocycles. The van der Waals surface area contributed by atoms with Crippen LogP contribution in [0.4, 0.5) is 4.39 Å². The highest BCUT2D eigenvalue weighted by Gasteiger charge is 2.16. The summed E-state index contributed by atoms with van der Waals surface area (Å²) in [6, 6.07) is 16.3. The van der Waals surface area contributed by atoms with Gasteiger partial charge >= 0.3 is 0 Å². The standard InChI is InChI=1S/C22H17FN4O2/c23-17-8-6-15(7-9-17)14-27-20-16(4-3-11-25-20)12-19(22(27)29)21(28)26-13-18-5-1-2-10-24-18/h1-12H,13-14H2,(H,26,28). The molecule has 29 heavy (non-hydrogen) atoms. The van der Waals surface area contributed by atoms with Gasteiger partial charge in [0, 0.05) is 17.8 Å². The number of carbonyl (C=O) groups is 1. The molecule has 1 amide bonds. The minimum Gasteiger partial charge on any atom is -0.346 e. The number of nitrogens with one attached hydrogen (secondary N) is 1. The molecule has 0 saturated carbocycles. The molecule has 0 bridgehead atoms. The molecule has 7 heteroatoms. The van der Waals surface area contributed by atoms with Crippen LogP contribution in [0.1, 0.15) is 21.6 Å². The van der Waals surface area contributed by atoms with Gasteiger partial charge in [-0.3, -0.25) is 19.1 Å². The molecule has 1 N–H and O–H groups in total. The highest BCUT2D eigenvalue weighted by atomic mass is 19.1. The maximum atomic E-state index is 13.2. The van der Waals surface area contributed by atoms with Crippen molar-refractivity contribution in [1.82, 2.24) is 19.9 Å². The average molecular weight is 388 g/mol. The summed E-state index contributed by atoms with van der Waals surface area (Å²) in [6.07, 6.45) is 3.22. The number of halogens is 1. The first-order valence-corrected chi connectivity index (χ1v) is 9.03. The Morgan fingerprint density at radius 2 is 1.79 bits per heavy atom. The molecule has 0 unspecified atom stereocenters. The van der Waals surface area contributed by atoms with E-state index in [2.05, 4.69) is 15.3 Å². The van der Waals surface area contributed by atoms with E-state index in [-0.39, 0.29) is 24.5 Å². The second-order valence-corrected chi connectivity index (χ2v) is 6.50. The number of hydrogen-bond donors (Lipinski definition) is 1. The molecular weight excluding hydrogens is 371 g/mol. The maximum Gasteiger partial charge on any atom is 0.265 e. The first-order chi connectivity index (χ1) is 14.1. The summed E-state index contributed by atoms with van der Waals surface area (Å²) < 4.78 is 14.6. The van der Waals surface area contributed by atoms with E-state index in [1.807, 2.05) is 6.07 Å². The Kier molecular flexibility index (Phi) is 5.11. The van der Waals surface area contributed by atoms with Gasteiger partial charge in [-0.25, -0.2) is 9.37 Å². The van der Waals surface area contributed by atoms with Crippen molar-refractivity contribution in [3.05, 3.63) is 106 Å². The van der Waals surface area contributed by atoms with Crippen molar-refractivity contribution < 1.29 is 9.18 Å². The zero-order valence-electron chi connectivity index (χ0n) is 15.4. The number of carbonyl (C=O) groups excluding carboxylic acids is 1. The molecule has 0 fully saturated rings. The van der Waals surface area contributed by atoms with Crippen molar-refractivity contribution in [3.8, 4) is 0 Å². The van der Waals surface area contributed by atoms with Crippen LogP contribution in [0.2, 0.25) is 0 Å². The van der Waals surface area contributed by atoms with Gasteiger partial charge in [0.2, 0.25) is 0 Å². The van der Waals surface area contributed by atoms with E-state index < -0.39 is 11.5 Å². The van der Waals surface area contributed by atoms with Crippen molar-refractivity contribution >= 4 is 16.9 Å². The van der Waals surface area contributed by atoms with Gasteiger partial charge in [-0.15, -0.1) is 0 Å². The number of nitrogens with zero attached hydrogens (tertiary/aromatic N) is 3. The molecular formula is C22H17FN4O2. The van der Waals surface area contributed by atoms with Crippen molar-refractivity contribution in [2.45, 2.75) is 13.1 Å². The van der Waals surface area contributed by atoms with Crippen LogP contribution in [0, 0.1) is 5.82 Å². The van der Waals surface area contributed by atoms with Crippen molar-refractivity contribution in [2.75, 3.05) is 0 Å². The van der Waals surface area contributed by atoms with Gasteiger partial charge in [0.1, 0.15) is 17.0 Å². The lowest BCUT2D eigenvalue weighted by Gasteiger charge is -2.12. The smallest absolute Gasteiger partial charge is 0.265 e. The summed E-state index contributed by atoms with van der Waals surface area (Å²) in [6.45, 7) is 0.385. The van der Waals surface area contributed by atoms with Crippen LogP contribution >= 0.6 is 0 Å². The molecule has 6 nitrogen and oxygen atoms in total. The number of hydrogen-bond acceptors (Lipinski definition) is 4. The van der Waals surface area contributed by atoms with Crippen LogP contribution in [-0.4, -0.2) is 20.4 Å². The number of rotatable bonds is 5. The molecule has 0 spiro atoms. The van der Waals surface area contributed by atoms with Gasteiger partial charge in [0.05, 0.1) is 18.8 Å². The molecule has 1 aromatic carbocycles. The Bertz CT molecular complexity index is 1220. The lowest BCUT2D eigenvalue weighted by Crippen LogP contribution is -2.33. The molecule has 3 heterocycles. The molecule has 0 aliphatic rings. The number of pyridine rings is 3. The minimum absolute atomic E-state index is 0.0172. The Morgan fingerprint density at radius 1 is 1.00 bits per heavy atom. The third-order valence-electron chi connectivity index (χ3n) is 4.50. The van der Waals surface area contributed by atoms with Crippen LogP contribution in [0.25, 0.3) is 11.0 Å². The van der Waals surface area contributed by atoms with Gasteiger partial charge in [0.15, 0.2) is 0 Å². The zero-order chi connectivity index (χ0) is 20.2. The summed E-state index contributed by atoms with van der Waals surface area (Å²) in [7, 11) is 0. The van der Waals surface area contributed by atoms with E-state index in [1.54, 1.807) is 54.9 Å². The highest BCUT2D eigenvalue weighted by molar-refractivity contribution is 5.96. The molecule has 0 radical (unpaired) electrons. The predicted octanol–water partition coefficient (Wildman–Crippen LogP) is 2.91. The van der Waals surface area contributed by atoms with Gasteiger partial charge in [-0.2, -0.15) is 0 Å². The molecule has 0 aliphatic carbocycles. The van der Waals surface area contributed by atoms with Crippen LogP contribution < -0.4 is 10.9 Å². The van der Waals surface area contributed by atoms with E-state index in [1.165, 1.54) is 16.7 Å². The predicted molar refractivity (Wildman–Crippen MR) is 107 cm³/mol. The Labute approximate surface area is 165 Å². The fraction of sp³-hybridized carbons (Fsp3) is 0.0909. The molecule has 144 valence electrons. The number of benzene rings is 1. The van der Waals surface area contributed by atoms with Crippen LogP contribution in [0.3, 0.4) is 0 Å². The van der Waals surface area contributed by atoms with E-state index in [0.717, 1.165) is 5.56 Å². The SMILES string of the molecule is O=C(NCc1ccccn1)c1cc2cccnc2n(Cc2ccc(F)cc2)c1=O. The summed E-state index contributed by atoms with van der Waals surface area (Å²) in [4.78, 5) is 34.2. The molecule has 0 atom stereocenters. The van der Waals surface area contributed by atoms with Gasteiger partial charge in [0.25, 0.3) is 11.5 Å². The lowest BCUT2D eigenvalue weighted by molar-refractivity contribution is 0.0948. The second kappa shape index (κ2) is 8.02. The Balaban J connectivity index is 1.71. The molecule has 0 aliphatic heterocycles.